The van der Waals surface area contributed by atoms with Crippen LogP contribution in [0.3, 0.4) is 0 Å². The van der Waals surface area contributed by atoms with Crippen LogP contribution in [-0.2, 0) is 18.7 Å². The van der Waals surface area contributed by atoms with Gasteiger partial charge in [0.15, 0.2) is 0 Å². The zero-order valence-corrected chi connectivity index (χ0v) is 33.2. The summed E-state index contributed by atoms with van der Waals surface area (Å²) in [5.74, 6) is -1.47. The minimum absolute atomic E-state index is 0.120. The quantitative estimate of drug-likeness (QED) is 0.0922. The van der Waals surface area contributed by atoms with Gasteiger partial charge >= 0.3 is 7.12 Å². The Morgan fingerprint density at radius 3 is 2.18 bits per heavy atom. The summed E-state index contributed by atoms with van der Waals surface area (Å²) in [7, 11) is -4.05. The molecule has 3 aromatic carbocycles. The fraction of sp³-hybridized carbons (Fsp3) is 0.356. The summed E-state index contributed by atoms with van der Waals surface area (Å²) >= 11 is 0. The molecule has 4 aromatic rings. The van der Waals surface area contributed by atoms with E-state index in [1.807, 2.05) is 49.4 Å². The number of hydrogen-bond donors (Lipinski definition) is 2. The summed E-state index contributed by atoms with van der Waals surface area (Å²) < 4.78 is 14.0. The Morgan fingerprint density at radius 2 is 1.58 bits per heavy atom. The van der Waals surface area contributed by atoms with Crippen LogP contribution in [0.4, 0.5) is 0 Å². The van der Waals surface area contributed by atoms with E-state index in [0.29, 0.717) is 32.2 Å². The average Bonchev–Trinajstić information content (AvgIpc) is 3.42. The summed E-state index contributed by atoms with van der Waals surface area (Å²) in [6.45, 7) is 9.40. The molecule has 55 heavy (non-hydrogen) atoms. The van der Waals surface area contributed by atoms with E-state index in [2.05, 4.69) is 80.4 Å². The van der Waals surface area contributed by atoms with Crippen molar-refractivity contribution in [2.45, 2.75) is 70.8 Å². The van der Waals surface area contributed by atoms with Crippen molar-refractivity contribution < 1.29 is 28.8 Å². The number of benzene rings is 3. The van der Waals surface area contributed by atoms with Crippen LogP contribution < -0.4 is 10.4 Å². The maximum absolute atomic E-state index is 14.1. The lowest BCUT2D eigenvalue weighted by Gasteiger charge is -2.46. The third kappa shape index (κ3) is 7.65. The number of nitrogens with zero attached hydrogens (tertiary/aromatic N) is 2. The van der Waals surface area contributed by atoms with Gasteiger partial charge in [0, 0.05) is 12.7 Å². The Labute approximate surface area is 326 Å². The van der Waals surface area contributed by atoms with E-state index in [4.69, 9.17) is 9.08 Å². The van der Waals surface area contributed by atoms with Crippen molar-refractivity contribution in [1.82, 2.24) is 9.88 Å². The SMILES string of the molecule is CCCN1C(=O)[C@@H]2[C@@H](CC(CO[Si](c3ccccc3)(c3ccccc3)C(C)(C)C)=C3[C@@H](CC/C(=C/c4ccc(O)cc4)c4ccccn4)OB(O)C[C@@H]32)C1=O. The van der Waals surface area contributed by atoms with Gasteiger partial charge in [0.25, 0.3) is 8.32 Å². The molecule has 1 aromatic heterocycles. The first-order chi connectivity index (χ1) is 26.5. The first-order valence-electron chi connectivity index (χ1n) is 19.6. The Bertz CT molecular complexity index is 2000. The van der Waals surface area contributed by atoms with Crippen molar-refractivity contribution in [3.63, 3.8) is 0 Å². The molecule has 4 atom stereocenters. The molecule has 2 amide bonds. The largest absolute Gasteiger partial charge is 0.508 e. The lowest BCUT2D eigenvalue weighted by atomic mass is 9.58. The van der Waals surface area contributed by atoms with Crippen molar-refractivity contribution in [3.05, 3.63) is 132 Å². The third-order valence-corrected chi connectivity index (χ3v) is 16.6. The minimum atomic E-state index is -2.97. The maximum atomic E-state index is 14.1. The smallest absolute Gasteiger partial charge is 0.455 e. The Hall–Kier alpha value is -4.61. The standard InChI is InChI=1S/C45H51BN2O6Si/c1-5-26-48-43(50)37-28-33(30-53-55(45(2,3)4,35-14-8-6-9-15-35)36-16-10-7-11-17-36)41-38(42(37)44(48)51)29-46(52)54-40(41)24-21-32(39-18-12-13-25-47-39)27-31-19-22-34(49)23-20-31/h6-20,22-23,25,27,37-38,40,42,49,52H,5,21,24,26,28-30H2,1-4H3/b32-27-/t37-,38+,40-,42-/m1/s1. The second-order valence-electron chi connectivity index (χ2n) is 16.1. The number of fused-ring (bicyclic) bond motifs is 3. The number of likely N-dealkylation sites (tertiary alicyclic amines) is 1. The molecule has 2 fully saturated rings. The summed E-state index contributed by atoms with van der Waals surface area (Å²) in [5, 5.41) is 23.3. The highest BCUT2D eigenvalue weighted by atomic mass is 28.4. The third-order valence-electron chi connectivity index (χ3n) is 11.6. The molecule has 3 heterocycles. The summed E-state index contributed by atoms with van der Waals surface area (Å²) in [6.07, 6.45) is 5.75. The molecule has 8 nitrogen and oxygen atoms in total. The zero-order valence-electron chi connectivity index (χ0n) is 32.2. The topological polar surface area (TPSA) is 109 Å². The second kappa shape index (κ2) is 16.2. The lowest BCUT2D eigenvalue weighted by molar-refractivity contribution is -0.140. The van der Waals surface area contributed by atoms with E-state index < -0.39 is 33.4 Å². The molecule has 2 saturated heterocycles. The molecule has 0 spiro atoms. The molecule has 7 rings (SSSR count). The number of phenolic OH excluding ortho intramolecular Hbond substituents is 1. The average molecular weight is 755 g/mol. The number of pyridine rings is 1. The lowest BCUT2D eigenvalue weighted by Crippen LogP contribution is -2.66. The van der Waals surface area contributed by atoms with Crippen LogP contribution in [0, 0.1) is 17.8 Å². The van der Waals surface area contributed by atoms with Gasteiger partial charge < -0.3 is 19.2 Å². The number of aromatic nitrogens is 1. The first kappa shape index (κ1) is 38.7. The molecular formula is C45H51BN2O6Si. The highest BCUT2D eigenvalue weighted by Crippen LogP contribution is 2.51. The highest BCUT2D eigenvalue weighted by Gasteiger charge is 2.58. The highest BCUT2D eigenvalue weighted by molar-refractivity contribution is 6.99. The van der Waals surface area contributed by atoms with E-state index in [9.17, 15) is 19.7 Å². The van der Waals surface area contributed by atoms with Gasteiger partial charge in [-0.2, -0.15) is 0 Å². The molecule has 284 valence electrons. The van der Waals surface area contributed by atoms with Crippen LogP contribution in [-0.4, -0.2) is 66.5 Å². The van der Waals surface area contributed by atoms with Crippen molar-refractivity contribution in [2.75, 3.05) is 13.2 Å². The molecular weight excluding hydrogens is 703 g/mol. The molecule has 2 aliphatic heterocycles. The first-order valence-corrected chi connectivity index (χ1v) is 21.5. The van der Waals surface area contributed by atoms with Crippen molar-refractivity contribution in [2.24, 2.45) is 17.8 Å². The van der Waals surface area contributed by atoms with E-state index in [0.717, 1.165) is 38.4 Å². The van der Waals surface area contributed by atoms with Crippen LogP contribution >= 0.6 is 0 Å². The zero-order chi connectivity index (χ0) is 38.7. The van der Waals surface area contributed by atoms with Crippen LogP contribution in [0.25, 0.3) is 11.6 Å². The number of aromatic hydroxyl groups is 1. The van der Waals surface area contributed by atoms with Crippen LogP contribution in [0.15, 0.2) is 120 Å². The number of amides is 2. The van der Waals surface area contributed by atoms with Gasteiger partial charge in [-0.15, -0.1) is 0 Å². The number of rotatable bonds is 12. The van der Waals surface area contributed by atoms with Crippen LogP contribution in [0.5, 0.6) is 5.75 Å². The van der Waals surface area contributed by atoms with Gasteiger partial charge in [-0.3, -0.25) is 19.5 Å². The van der Waals surface area contributed by atoms with Crippen LogP contribution in [0.2, 0.25) is 11.4 Å². The molecule has 3 aliphatic rings. The molecule has 0 bridgehead atoms. The van der Waals surface area contributed by atoms with E-state index in [-0.39, 0.29) is 41.4 Å². The number of phenols is 1. The molecule has 10 heteroatoms. The van der Waals surface area contributed by atoms with Gasteiger partial charge in [-0.05, 0) is 106 Å². The van der Waals surface area contributed by atoms with Crippen molar-refractivity contribution in [1.29, 1.82) is 0 Å². The summed E-state index contributed by atoms with van der Waals surface area (Å²) in [4.78, 5) is 34.3. The Kier molecular flexibility index (Phi) is 11.4. The fourth-order valence-corrected chi connectivity index (χ4v) is 13.8. The van der Waals surface area contributed by atoms with Gasteiger partial charge in [-0.1, -0.05) is 107 Å². The minimum Gasteiger partial charge on any atom is -0.508 e. The number of carbonyl (C=O) groups excluding carboxylic acids is 2. The summed E-state index contributed by atoms with van der Waals surface area (Å²) in [5.41, 5.74) is 4.72. The van der Waals surface area contributed by atoms with Gasteiger partial charge in [-0.25, -0.2) is 0 Å². The normalized spacial score (nSPS) is 21.9. The van der Waals surface area contributed by atoms with Crippen molar-refractivity contribution in [3.8, 4) is 5.75 Å². The van der Waals surface area contributed by atoms with Gasteiger partial charge in [0.1, 0.15) is 5.75 Å². The van der Waals surface area contributed by atoms with E-state index in [1.54, 1.807) is 18.3 Å². The fourth-order valence-electron chi connectivity index (χ4n) is 9.25. The van der Waals surface area contributed by atoms with Gasteiger partial charge in [0.2, 0.25) is 11.8 Å². The predicted molar refractivity (Wildman–Crippen MR) is 220 cm³/mol. The monoisotopic (exact) mass is 754 g/mol. The second-order valence-corrected chi connectivity index (χ2v) is 20.4. The van der Waals surface area contributed by atoms with Gasteiger partial charge in [0.05, 0.1) is 30.2 Å². The number of imide groups is 1. The molecule has 0 radical (unpaired) electrons. The Balaban J connectivity index is 1.31. The van der Waals surface area contributed by atoms with Crippen molar-refractivity contribution >= 4 is 49.3 Å². The Morgan fingerprint density at radius 1 is 0.927 bits per heavy atom. The number of carbonyl (C=O) groups is 2. The molecule has 0 unspecified atom stereocenters. The molecule has 0 saturated carbocycles. The van der Waals surface area contributed by atoms with Crippen LogP contribution in [0.1, 0.15) is 64.6 Å². The molecule has 2 N–H and O–H groups in total. The van der Waals surface area contributed by atoms with E-state index in [1.165, 1.54) is 4.90 Å². The summed E-state index contributed by atoms with van der Waals surface area (Å²) in [6, 6.07) is 33.9. The number of hydrogen-bond acceptors (Lipinski definition) is 7. The predicted octanol–water partition coefficient (Wildman–Crippen LogP) is 6.89. The maximum Gasteiger partial charge on any atom is 0.455 e. The van der Waals surface area contributed by atoms with E-state index >= 15 is 0 Å². The molecule has 1 aliphatic carbocycles. The number of allylic oxidation sites excluding steroid dienone is 1.